The van der Waals surface area contributed by atoms with Crippen LogP contribution in [0.3, 0.4) is 0 Å². The third-order valence-corrected chi connectivity index (χ3v) is 3.47. The van der Waals surface area contributed by atoms with Crippen LogP contribution in [0.1, 0.15) is 17.4 Å². The molecule has 1 unspecified atom stereocenters. The van der Waals surface area contributed by atoms with Crippen LogP contribution in [0.15, 0.2) is 24.3 Å². The number of carbonyl (C=O) groups excluding carboxylic acids is 1. The van der Waals surface area contributed by atoms with Gasteiger partial charge in [0.05, 0.1) is 7.11 Å². The van der Waals surface area contributed by atoms with E-state index in [0.717, 1.165) is 17.1 Å². The highest BCUT2D eigenvalue weighted by Gasteiger charge is 2.22. The highest BCUT2D eigenvalue weighted by atomic mass is 32.2. The molecule has 1 saturated heterocycles. The Morgan fingerprint density at radius 1 is 1.47 bits per heavy atom. The number of hydrogen-bond acceptors (Lipinski definition) is 3. The Morgan fingerprint density at radius 3 is 3.00 bits per heavy atom. The van der Waals surface area contributed by atoms with Crippen LogP contribution in [0.5, 0.6) is 5.75 Å². The fourth-order valence-corrected chi connectivity index (χ4v) is 2.71. The number of hydrogen-bond donors (Lipinski definition) is 1. The molecule has 1 N–H and O–H groups in total. The first-order valence-electron chi connectivity index (χ1n) is 4.85. The molecule has 1 aliphatic rings. The van der Waals surface area contributed by atoms with Gasteiger partial charge in [0.1, 0.15) is 11.1 Å². The normalized spacial score (nSPS) is 20.9. The highest BCUT2D eigenvalue weighted by molar-refractivity contribution is 7.99. The van der Waals surface area contributed by atoms with Crippen molar-refractivity contribution in [2.75, 3.05) is 12.9 Å². The average Bonchev–Trinajstić information content (AvgIpc) is 2.29. The smallest absolute Gasteiger partial charge is 0.221 e. The third-order valence-electron chi connectivity index (χ3n) is 2.33. The summed E-state index contributed by atoms with van der Waals surface area (Å²) in [4.78, 5) is 11.3. The highest BCUT2D eigenvalue weighted by Crippen LogP contribution is 2.35. The van der Waals surface area contributed by atoms with Crippen LogP contribution >= 0.6 is 11.8 Å². The second kappa shape index (κ2) is 4.57. The molecule has 1 aromatic rings. The van der Waals surface area contributed by atoms with Gasteiger partial charge in [-0.3, -0.25) is 4.79 Å². The quantitative estimate of drug-likeness (QED) is 0.832. The lowest BCUT2D eigenvalue weighted by Gasteiger charge is -2.24. The van der Waals surface area contributed by atoms with Gasteiger partial charge in [-0.1, -0.05) is 18.2 Å². The van der Waals surface area contributed by atoms with Gasteiger partial charge in [0, 0.05) is 17.7 Å². The van der Waals surface area contributed by atoms with E-state index in [1.54, 1.807) is 18.9 Å². The number of thioether (sulfide) groups is 1. The Kier molecular flexibility index (Phi) is 3.16. The van der Waals surface area contributed by atoms with E-state index in [2.05, 4.69) is 5.32 Å². The topological polar surface area (TPSA) is 38.3 Å². The molecule has 4 heteroatoms. The summed E-state index contributed by atoms with van der Waals surface area (Å²) in [7, 11) is 1.65. The van der Waals surface area contributed by atoms with Crippen molar-refractivity contribution in [1.82, 2.24) is 5.32 Å². The fourth-order valence-electron chi connectivity index (χ4n) is 1.58. The molecule has 0 spiro atoms. The number of carbonyl (C=O) groups is 1. The van der Waals surface area contributed by atoms with Gasteiger partial charge in [0.15, 0.2) is 0 Å². The van der Waals surface area contributed by atoms with Crippen molar-refractivity contribution in [3.63, 3.8) is 0 Å². The Morgan fingerprint density at radius 2 is 2.27 bits per heavy atom. The fraction of sp³-hybridized carbons (Fsp3) is 0.364. The summed E-state index contributed by atoms with van der Waals surface area (Å²) in [6, 6.07) is 7.79. The summed E-state index contributed by atoms with van der Waals surface area (Å²) < 4.78 is 5.27. The third kappa shape index (κ3) is 2.26. The van der Waals surface area contributed by atoms with Crippen molar-refractivity contribution in [2.45, 2.75) is 11.8 Å². The molecule has 0 radical (unpaired) electrons. The number of methoxy groups -OCH3 is 1. The summed E-state index contributed by atoms with van der Waals surface area (Å²) in [5.74, 6) is 1.82. The number of amides is 1. The zero-order valence-electron chi connectivity index (χ0n) is 8.53. The Labute approximate surface area is 93.2 Å². The first-order chi connectivity index (χ1) is 7.31. The van der Waals surface area contributed by atoms with Gasteiger partial charge in [0.2, 0.25) is 5.91 Å². The largest absolute Gasteiger partial charge is 0.496 e. The van der Waals surface area contributed by atoms with Gasteiger partial charge in [-0.05, 0) is 6.07 Å². The van der Waals surface area contributed by atoms with E-state index in [1.807, 2.05) is 24.3 Å². The second-order valence-corrected chi connectivity index (χ2v) is 4.52. The molecule has 0 bridgehead atoms. The SMILES string of the molecule is COc1ccccc1C1NC(=O)CCS1. The molecular weight excluding hydrogens is 210 g/mol. The summed E-state index contributed by atoms with van der Waals surface area (Å²) >= 11 is 1.74. The minimum atomic E-state index is 0.0300. The lowest BCUT2D eigenvalue weighted by molar-refractivity contribution is -0.121. The molecule has 15 heavy (non-hydrogen) atoms. The summed E-state index contributed by atoms with van der Waals surface area (Å²) in [6.45, 7) is 0. The van der Waals surface area contributed by atoms with E-state index in [9.17, 15) is 4.79 Å². The first kappa shape index (κ1) is 10.4. The van der Waals surface area contributed by atoms with Crippen molar-refractivity contribution in [2.24, 2.45) is 0 Å². The van der Waals surface area contributed by atoms with Gasteiger partial charge in [-0.25, -0.2) is 0 Å². The Balaban J connectivity index is 2.24. The maximum atomic E-state index is 11.3. The van der Waals surface area contributed by atoms with Gasteiger partial charge in [-0.15, -0.1) is 11.8 Å². The van der Waals surface area contributed by atoms with Crippen molar-refractivity contribution in [1.29, 1.82) is 0 Å². The molecule has 1 amide bonds. The lowest BCUT2D eigenvalue weighted by Crippen LogP contribution is -2.31. The summed E-state index contributed by atoms with van der Waals surface area (Å²) in [5.41, 5.74) is 1.04. The van der Waals surface area contributed by atoms with E-state index < -0.39 is 0 Å². The maximum Gasteiger partial charge on any atom is 0.221 e. The number of rotatable bonds is 2. The zero-order chi connectivity index (χ0) is 10.7. The molecule has 80 valence electrons. The molecule has 0 aromatic heterocycles. The molecule has 1 atom stereocenters. The Bertz CT molecular complexity index is 367. The van der Waals surface area contributed by atoms with E-state index in [0.29, 0.717) is 6.42 Å². The van der Waals surface area contributed by atoms with Crippen LogP contribution in [-0.2, 0) is 4.79 Å². The molecule has 1 fully saturated rings. The zero-order valence-corrected chi connectivity index (χ0v) is 9.34. The van der Waals surface area contributed by atoms with Crippen molar-refractivity contribution < 1.29 is 9.53 Å². The molecule has 1 heterocycles. The molecule has 2 rings (SSSR count). The minimum absolute atomic E-state index is 0.0300. The average molecular weight is 223 g/mol. The second-order valence-electron chi connectivity index (χ2n) is 3.31. The van der Waals surface area contributed by atoms with Gasteiger partial charge in [-0.2, -0.15) is 0 Å². The van der Waals surface area contributed by atoms with Crippen molar-refractivity contribution >= 4 is 17.7 Å². The van der Waals surface area contributed by atoms with E-state index in [1.165, 1.54) is 0 Å². The molecule has 0 aliphatic carbocycles. The van der Waals surface area contributed by atoms with Crippen LogP contribution < -0.4 is 10.1 Å². The summed E-state index contributed by atoms with van der Waals surface area (Å²) in [6.07, 6.45) is 0.607. The lowest BCUT2D eigenvalue weighted by atomic mass is 10.2. The van der Waals surface area contributed by atoms with Crippen LogP contribution in [0.2, 0.25) is 0 Å². The number of para-hydroxylation sites is 1. The maximum absolute atomic E-state index is 11.3. The molecular formula is C11H13NO2S. The number of ether oxygens (including phenoxy) is 1. The number of nitrogens with one attached hydrogen (secondary N) is 1. The van der Waals surface area contributed by atoms with Gasteiger partial charge >= 0.3 is 0 Å². The molecule has 1 aromatic carbocycles. The van der Waals surface area contributed by atoms with Crippen LogP contribution in [0, 0.1) is 0 Å². The van der Waals surface area contributed by atoms with Crippen LogP contribution in [0.25, 0.3) is 0 Å². The van der Waals surface area contributed by atoms with Gasteiger partial charge < -0.3 is 10.1 Å². The molecule has 0 saturated carbocycles. The minimum Gasteiger partial charge on any atom is -0.496 e. The molecule has 3 nitrogen and oxygen atoms in total. The monoisotopic (exact) mass is 223 g/mol. The number of benzene rings is 1. The van der Waals surface area contributed by atoms with Crippen LogP contribution in [0.4, 0.5) is 0 Å². The predicted molar refractivity (Wildman–Crippen MR) is 61.0 cm³/mol. The van der Waals surface area contributed by atoms with Crippen molar-refractivity contribution in [3.05, 3.63) is 29.8 Å². The van der Waals surface area contributed by atoms with E-state index in [4.69, 9.17) is 4.74 Å². The standard InChI is InChI=1S/C11H13NO2S/c1-14-9-5-3-2-4-8(9)11-12-10(13)6-7-15-11/h2-5,11H,6-7H2,1H3,(H,12,13). The van der Waals surface area contributed by atoms with E-state index in [-0.39, 0.29) is 11.3 Å². The molecule has 1 aliphatic heterocycles. The Hall–Kier alpha value is -1.16. The van der Waals surface area contributed by atoms with E-state index >= 15 is 0 Å². The predicted octanol–water partition coefficient (Wildman–Crippen LogP) is 1.95. The van der Waals surface area contributed by atoms with Gasteiger partial charge in [0.25, 0.3) is 0 Å². The van der Waals surface area contributed by atoms with Crippen LogP contribution in [-0.4, -0.2) is 18.8 Å². The van der Waals surface area contributed by atoms with Crippen molar-refractivity contribution in [3.8, 4) is 5.75 Å². The summed E-state index contributed by atoms with van der Waals surface area (Å²) in [5, 5.41) is 2.98. The first-order valence-corrected chi connectivity index (χ1v) is 5.90.